The number of para-hydroxylation sites is 2. The van der Waals surface area contributed by atoms with Crippen molar-refractivity contribution in [3.63, 3.8) is 0 Å². The van der Waals surface area contributed by atoms with Gasteiger partial charge in [-0.2, -0.15) is 0 Å². The fourth-order valence-corrected chi connectivity index (χ4v) is 3.46. The lowest BCUT2D eigenvalue weighted by molar-refractivity contribution is -0.140. The molecule has 0 unspecified atom stereocenters. The lowest BCUT2D eigenvalue weighted by atomic mass is 10.0. The van der Waals surface area contributed by atoms with Crippen LogP contribution in [0.4, 0.5) is 5.69 Å². The van der Waals surface area contributed by atoms with E-state index in [4.69, 9.17) is 4.74 Å². The molecule has 1 aliphatic heterocycles. The van der Waals surface area contributed by atoms with Crippen LogP contribution in [0.5, 0.6) is 5.75 Å². The maximum Gasteiger partial charge on any atom is 0.246 e. The van der Waals surface area contributed by atoms with E-state index in [9.17, 15) is 9.59 Å². The minimum atomic E-state index is -0.0915. The Kier molecular flexibility index (Phi) is 6.11. The van der Waals surface area contributed by atoms with Gasteiger partial charge in [0.1, 0.15) is 18.8 Å². The first kappa shape index (κ1) is 18.9. The van der Waals surface area contributed by atoms with Crippen molar-refractivity contribution in [3.05, 3.63) is 43.0 Å². The van der Waals surface area contributed by atoms with Gasteiger partial charge in [-0.15, -0.1) is 0 Å². The summed E-state index contributed by atoms with van der Waals surface area (Å²) >= 11 is 0. The fraction of sp³-hybridized carbons (Fsp3) is 0.450. The molecule has 3 rings (SSSR count). The zero-order valence-corrected chi connectivity index (χ0v) is 15.9. The van der Waals surface area contributed by atoms with Gasteiger partial charge in [-0.25, -0.2) is 4.98 Å². The second-order valence-corrected chi connectivity index (χ2v) is 6.73. The number of piperazine rings is 1. The Balaban J connectivity index is 1.81. The van der Waals surface area contributed by atoms with E-state index < -0.39 is 0 Å². The van der Waals surface area contributed by atoms with E-state index >= 15 is 0 Å². The topological polar surface area (TPSA) is 67.7 Å². The van der Waals surface area contributed by atoms with Gasteiger partial charge in [0.2, 0.25) is 11.8 Å². The largest absolute Gasteiger partial charge is 0.495 e. The lowest BCUT2D eigenvalue weighted by Crippen LogP contribution is -2.58. The van der Waals surface area contributed by atoms with E-state index in [1.165, 1.54) is 0 Å². The first-order valence-corrected chi connectivity index (χ1v) is 9.32. The van der Waals surface area contributed by atoms with Gasteiger partial charge in [0.05, 0.1) is 25.2 Å². The van der Waals surface area contributed by atoms with E-state index in [-0.39, 0.29) is 30.9 Å². The summed E-state index contributed by atoms with van der Waals surface area (Å²) in [5.41, 5.74) is 0.758. The molecule has 0 radical (unpaired) electrons. The maximum absolute atomic E-state index is 12.9. The molecule has 2 amide bonds. The quantitative estimate of drug-likeness (QED) is 0.750. The third-order valence-corrected chi connectivity index (χ3v) is 4.90. The van der Waals surface area contributed by atoms with E-state index in [1.807, 2.05) is 24.3 Å². The number of carbonyl (C=O) groups is 2. The van der Waals surface area contributed by atoms with Crippen LogP contribution in [0.1, 0.15) is 26.2 Å². The number of rotatable bonds is 7. The Hall–Kier alpha value is -2.83. The lowest BCUT2D eigenvalue weighted by Gasteiger charge is -2.41. The van der Waals surface area contributed by atoms with Crippen LogP contribution < -0.4 is 9.64 Å². The van der Waals surface area contributed by atoms with Crippen molar-refractivity contribution in [3.8, 4) is 5.75 Å². The zero-order valence-electron chi connectivity index (χ0n) is 15.9. The molecule has 7 nitrogen and oxygen atoms in total. The summed E-state index contributed by atoms with van der Waals surface area (Å²) < 4.78 is 7.16. The number of methoxy groups -OCH3 is 1. The van der Waals surface area contributed by atoms with E-state index in [0.29, 0.717) is 12.3 Å². The molecule has 1 aromatic carbocycles. The van der Waals surface area contributed by atoms with Crippen molar-refractivity contribution in [2.45, 2.75) is 38.8 Å². The number of unbranched alkanes of at least 4 members (excludes halogenated alkanes) is 1. The van der Waals surface area contributed by atoms with Gasteiger partial charge in [-0.3, -0.25) is 9.59 Å². The van der Waals surface area contributed by atoms with E-state index in [0.717, 1.165) is 24.9 Å². The minimum absolute atomic E-state index is 0.0106. The number of ether oxygens (including phenoxy) is 1. The molecule has 0 bridgehead atoms. The third kappa shape index (κ3) is 4.30. The molecular weight excluding hydrogens is 344 g/mol. The van der Waals surface area contributed by atoms with Crippen LogP contribution >= 0.6 is 0 Å². The van der Waals surface area contributed by atoms with Crippen LogP contribution in [-0.2, 0) is 16.1 Å². The van der Waals surface area contributed by atoms with Crippen molar-refractivity contribution in [1.29, 1.82) is 0 Å². The molecule has 0 spiro atoms. The van der Waals surface area contributed by atoms with Gasteiger partial charge in [0, 0.05) is 18.9 Å². The number of nitrogens with zero attached hydrogens (tertiary/aromatic N) is 4. The number of imidazole rings is 1. The summed E-state index contributed by atoms with van der Waals surface area (Å²) in [5, 5.41) is 0. The van der Waals surface area contributed by atoms with Crippen LogP contribution in [0.25, 0.3) is 0 Å². The molecule has 2 aromatic rings. The number of hydrogen-bond acceptors (Lipinski definition) is 4. The first-order chi connectivity index (χ1) is 13.1. The summed E-state index contributed by atoms with van der Waals surface area (Å²) in [7, 11) is 1.60. The van der Waals surface area contributed by atoms with Gasteiger partial charge in [0.25, 0.3) is 0 Å². The van der Waals surface area contributed by atoms with E-state index in [2.05, 4.69) is 11.9 Å². The van der Waals surface area contributed by atoms with Crippen LogP contribution in [0.2, 0.25) is 0 Å². The van der Waals surface area contributed by atoms with Gasteiger partial charge >= 0.3 is 0 Å². The SMILES string of the molecule is CCCC[C@H]1CN(c2ccccc2OC)C(=O)CN1C(=O)Cn1ccnc1. The molecule has 2 heterocycles. The molecule has 27 heavy (non-hydrogen) atoms. The highest BCUT2D eigenvalue weighted by Gasteiger charge is 2.36. The van der Waals surface area contributed by atoms with Crippen molar-refractivity contribution in [2.75, 3.05) is 25.1 Å². The van der Waals surface area contributed by atoms with E-state index in [1.54, 1.807) is 40.2 Å². The van der Waals surface area contributed by atoms with Gasteiger partial charge in [0.15, 0.2) is 0 Å². The van der Waals surface area contributed by atoms with Crippen LogP contribution in [0.15, 0.2) is 43.0 Å². The minimum Gasteiger partial charge on any atom is -0.495 e. The average Bonchev–Trinajstić information content (AvgIpc) is 3.19. The normalized spacial score (nSPS) is 17.3. The number of anilines is 1. The molecule has 1 saturated heterocycles. The standard InChI is InChI=1S/C20H26N4O3/c1-3-4-7-16-12-24(17-8-5-6-9-18(17)27-2)20(26)14-23(16)19(25)13-22-11-10-21-15-22/h5-6,8-11,15-16H,3-4,7,12-14H2,1-2H3/t16-/m0/s1. The van der Waals surface area contributed by atoms with Crippen LogP contribution in [-0.4, -0.2) is 52.5 Å². The predicted octanol–water partition coefficient (Wildman–Crippen LogP) is 2.33. The molecule has 0 saturated carbocycles. The average molecular weight is 370 g/mol. The first-order valence-electron chi connectivity index (χ1n) is 9.32. The molecule has 1 aromatic heterocycles. The Morgan fingerprint density at radius 3 is 2.85 bits per heavy atom. The van der Waals surface area contributed by atoms with Crippen LogP contribution in [0.3, 0.4) is 0 Å². The van der Waals surface area contributed by atoms with Crippen LogP contribution in [0, 0.1) is 0 Å². The number of amides is 2. The summed E-state index contributed by atoms with van der Waals surface area (Å²) in [6.45, 7) is 2.89. The van der Waals surface area contributed by atoms with Crippen molar-refractivity contribution in [1.82, 2.24) is 14.5 Å². The fourth-order valence-electron chi connectivity index (χ4n) is 3.46. The van der Waals surface area contributed by atoms with Crippen molar-refractivity contribution < 1.29 is 14.3 Å². The van der Waals surface area contributed by atoms with Gasteiger partial charge in [-0.05, 0) is 18.6 Å². The van der Waals surface area contributed by atoms with Crippen molar-refractivity contribution >= 4 is 17.5 Å². The van der Waals surface area contributed by atoms with Gasteiger partial charge in [-0.1, -0.05) is 31.9 Å². The Bertz CT molecular complexity index is 775. The summed E-state index contributed by atoms with van der Waals surface area (Å²) in [6, 6.07) is 7.50. The van der Waals surface area contributed by atoms with Crippen molar-refractivity contribution in [2.24, 2.45) is 0 Å². The summed E-state index contributed by atoms with van der Waals surface area (Å²) in [6.07, 6.45) is 7.94. The smallest absolute Gasteiger partial charge is 0.246 e. The molecule has 0 N–H and O–H groups in total. The highest BCUT2D eigenvalue weighted by Crippen LogP contribution is 2.31. The molecular formula is C20H26N4O3. The summed E-state index contributed by atoms with van der Waals surface area (Å²) in [5.74, 6) is 0.520. The number of carbonyl (C=O) groups excluding carboxylic acids is 2. The number of benzene rings is 1. The molecule has 1 atom stereocenters. The predicted molar refractivity (Wildman–Crippen MR) is 103 cm³/mol. The monoisotopic (exact) mass is 370 g/mol. The highest BCUT2D eigenvalue weighted by molar-refractivity contribution is 5.99. The summed E-state index contributed by atoms with van der Waals surface area (Å²) in [4.78, 5) is 33.1. The second kappa shape index (κ2) is 8.70. The Labute approximate surface area is 159 Å². The molecule has 7 heteroatoms. The van der Waals surface area contributed by atoms with Gasteiger partial charge < -0.3 is 19.1 Å². The molecule has 0 aliphatic carbocycles. The molecule has 1 fully saturated rings. The molecule has 1 aliphatic rings. The number of hydrogen-bond donors (Lipinski definition) is 0. The Morgan fingerprint density at radius 1 is 1.33 bits per heavy atom. The highest BCUT2D eigenvalue weighted by atomic mass is 16.5. The third-order valence-electron chi connectivity index (χ3n) is 4.90. The number of aromatic nitrogens is 2. The Morgan fingerprint density at radius 2 is 2.15 bits per heavy atom. The molecule has 144 valence electrons. The second-order valence-electron chi connectivity index (χ2n) is 6.73. The zero-order chi connectivity index (χ0) is 19.2. The maximum atomic E-state index is 12.9.